The van der Waals surface area contributed by atoms with E-state index in [4.69, 9.17) is 11.6 Å². The lowest BCUT2D eigenvalue weighted by Gasteiger charge is -2.19. The maximum absolute atomic E-state index is 11.6. The molecule has 0 aliphatic rings. The van der Waals surface area contributed by atoms with Crippen molar-refractivity contribution in [3.05, 3.63) is 63.1 Å². The molecule has 0 radical (unpaired) electrons. The number of carboxylic acids is 1. The third-order valence-electron chi connectivity index (χ3n) is 3.22. The van der Waals surface area contributed by atoms with Crippen LogP contribution in [0.25, 0.3) is 0 Å². The van der Waals surface area contributed by atoms with Crippen molar-refractivity contribution in [2.24, 2.45) is 0 Å². The third kappa shape index (κ3) is 3.77. The molecule has 0 aliphatic carbocycles. The second-order valence-corrected chi connectivity index (χ2v) is 5.86. The molecule has 0 amide bonds. The van der Waals surface area contributed by atoms with Crippen molar-refractivity contribution < 1.29 is 9.90 Å². The largest absolute Gasteiger partial charge is 0.479 e. The Bertz CT molecular complexity index is 660. The van der Waals surface area contributed by atoms with E-state index in [1.165, 1.54) is 0 Å². The number of carboxylic acid groups (broad SMARTS) is 1. The molecule has 21 heavy (non-hydrogen) atoms. The average molecular weight is 369 g/mol. The van der Waals surface area contributed by atoms with E-state index in [1.54, 1.807) is 18.2 Å². The zero-order valence-electron chi connectivity index (χ0n) is 11.4. The number of aryl methyl sites for hydroxylation is 1. The van der Waals surface area contributed by atoms with Crippen LogP contribution in [0.4, 0.5) is 5.69 Å². The summed E-state index contributed by atoms with van der Waals surface area (Å²) in [6.07, 6.45) is 0.784. The smallest absolute Gasteiger partial charge is 0.330 e. The van der Waals surface area contributed by atoms with Gasteiger partial charge in [0, 0.05) is 10.2 Å². The molecule has 2 aromatic rings. The van der Waals surface area contributed by atoms with Crippen LogP contribution in [-0.2, 0) is 11.2 Å². The highest BCUT2D eigenvalue weighted by Crippen LogP contribution is 2.29. The fourth-order valence-corrected chi connectivity index (χ4v) is 2.66. The van der Waals surface area contributed by atoms with Crippen molar-refractivity contribution >= 4 is 39.2 Å². The highest BCUT2D eigenvalue weighted by Gasteiger charge is 2.22. The van der Waals surface area contributed by atoms with Crippen LogP contribution < -0.4 is 5.32 Å². The summed E-state index contributed by atoms with van der Waals surface area (Å²) in [5.41, 5.74) is 2.49. The number of carbonyl (C=O) groups is 1. The predicted octanol–water partition coefficient (Wildman–Crippen LogP) is 4.90. The van der Waals surface area contributed by atoms with Gasteiger partial charge in [-0.3, -0.25) is 0 Å². The van der Waals surface area contributed by atoms with E-state index in [9.17, 15) is 9.90 Å². The third-order valence-corrected chi connectivity index (χ3v) is 4.44. The van der Waals surface area contributed by atoms with Gasteiger partial charge in [0.05, 0.1) is 5.02 Å². The van der Waals surface area contributed by atoms with Gasteiger partial charge in [0.25, 0.3) is 0 Å². The fourth-order valence-electron chi connectivity index (χ4n) is 2.16. The molecule has 0 aliphatic heterocycles. The average Bonchev–Trinajstić information content (AvgIpc) is 2.48. The van der Waals surface area contributed by atoms with Gasteiger partial charge in [0.15, 0.2) is 6.04 Å². The quantitative estimate of drug-likeness (QED) is 0.789. The van der Waals surface area contributed by atoms with Gasteiger partial charge in [-0.2, -0.15) is 0 Å². The fraction of sp³-hybridized carbons (Fsp3) is 0.188. The standard InChI is InChI=1S/C16H15BrClNO2/c1-2-10-5-3-4-6-12(10)15(16(20)21)19-11-7-8-14(18)13(17)9-11/h3-9,15,19H,2H2,1H3,(H,20,21). The molecule has 3 nitrogen and oxygen atoms in total. The van der Waals surface area contributed by atoms with E-state index >= 15 is 0 Å². The second-order valence-electron chi connectivity index (χ2n) is 4.60. The van der Waals surface area contributed by atoms with Crippen LogP contribution in [-0.4, -0.2) is 11.1 Å². The molecule has 0 aromatic heterocycles. The van der Waals surface area contributed by atoms with Crippen LogP contribution in [0, 0.1) is 0 Å². The number of hydrogen-bond acceptors (Lipinski definition) is 2. The summed E-state index contributed by atoms with van der Waals surface area (Å²) in [7, 11) is 0. The topological polar surface area (TPSA) is 49.3 Å². The first-order chi connectivity index (χ1) is 10.0. The van der Waals surface area contributed by atoms with Gasteiger partial charge in [-0.1, -0.05) is 42.8 Å². The van der Waals surface area contributed by atoms with E-state index < -0.39 is 12.0 Å². The number of hydrogen-bond donors (Lipinski definition) is 2. The van der Waals surface area contributed by atoms with Crippen LogP contribution in [0.15, 0.2) is 46.9 Å². The lowest BCUT2D eigenvalue weighted by molar-refractivity contribution is -0.138. The molecular weight excluding hydrogens is 354 g/mol. The predicted molar refractivity (Wildman–Crippen MR) is 89.0 cm³/mol. The zero-order chi connectivity index (χ0) is 15.4. The second kappa shape index (κ2) is 6.96. The summed E-state index contributed by atoms with van der Waals surface area (Å²) < 4.78 is 0.724. The SMILES string of the molecule is CCc1ccccc1C(Nc1ccc(Cl)c(Br)c1)C(=O)O. The van der Waals surface area contributed by atoms with Crippen molar-refractivity contribution in [2.45, 2.75) is 19.4 Å². The summed E-state index contributed by atoms with van der Waals surface area (Å²) in [5.74, 6) is -0.915. The molecule has 5 heteroatoms. The van der Waals surface area contributed by atoms with Crippen LogP contribution in [0.1, 0.15) is 24.1 Å². The van der Waals surface area contributed by atoms with Gasteiger partial charge in [-0.25, -0.2) is 4.79 Å². The molecule has 0 bridgehead atoms. The van der Waals surface area contributed by atoms with E-state index in [1.807, 2.05) is 31.2 Å². The molecule has 0 spiro atoms. The number of halogens is 2. The Morgan fingerprint density at radius 2 is 2.05 bits per heavy atom. The summed E-state index contributed by atoms with van der Waals surface area (Å²) >= 11 is 9.29. The van der Waals surface area contributed by atoms with Gasteiger partial charge < -0.3 is 10.4 Å². The van der Waals surface area contributed by atoms with E-state index in [0.29, 0.717) is 10.7 Å². The van der Waals surface area contributed by atoms with Crippen LogP contribution in [0.5, 0.6) is 0 Å². The first kappa shape index (κ1) is 15.9. The van der Waals surface area contributed by atoms with Crippen molar-refractivity contribution in [1.29, 1.82) is 0 Å². The summed E-state index contributed by atoms with van der Waals surface area (Å²) in [5, 5.41) is 13.2. The molecule has 2 aromatic carbocycles. The minimum Gasteiger partial charge on any atom is -0.479 e. The molecule has 110 valence electrons. The monoisotopic (exact) mass is 367 g/mol. The van der Waals surface area contributed by atoms with Gasteiger partial charge in [-0.15, -0.1) is 0 Å². The van der Waals surface area contributed by atoms with Crippen molar-refractivity contribution in [3.63, 3.8) is 0 Å². The molecule has 0 saturated carbocycles. The summed E-state index contributed by atoms with van der Waals surface area (Å²) in [4.78, 5) is 11.6. The Kier molecular flexibility index (Phi) is 5.26. The molecule has 0 saturated heterocycles. The van der Waals surface area contributed by atoms with Gasteiger partial charge in [0.1, 0.15) is 0 Å². The Morgan fingerprint density at radius 3 is 2.67 bits per heavy atom. The van der Waals surface area contributed by atoms with Crippen molar-refractivity contribution in [2.75, 3.05) is 5.32 Å². The maximum Gasteiger partial charge on any atom is 0.330 e. The molecule has 0 fully saturated rings. The summed E-state index contributed by atoms with van der Waals surface area (Å²) in [6.45, 7) is 2.01. The molecule has 2 N–H and O–H groups in total. The molecule has 1 unspecified atom stereocenters. The van der Waals surface area contributed by atoms with E-state index in [2.05, 4.69) is 21.2 Å². The Morgan fingerprint density at radius 1 is 1.33 bits per heavy atom. The van der Waals surface area contributed by atoms with Crippen LogP contribution in [0.2, 0.25) is 5.02 Å². The Balaban J connectivity index is 2.35. The van der Waals surface area contributed by atoms with Crippen molar-refractivity contribution in [1.82, 2.24) is 0 Å². The zero-order valence-corrected chi connectivity index (χ0v) is 13.8. The van der Waals surface area contributed by atoms with Crippen LogP contribution >= 0.6 is 27.5 Å². The van der Waals surface area contributed by atoms with Gasteiger partial charge in [-0.05, 0) is 51.7 Å². The summed E-state index contributed by atoms with van der Waals surface area (Å²) in [6, 6.07) is 12.0. The minimum absolute atomic E-state index is 0.585. The molecule has 1 atom stereocenters. The maximum atomic E-state index is 11.6. The highest BCUT2D eigenvalue weighted by atomic mass is 79.9. The minimum atomic E-state index is -0.915. The number of benzene rings is 2. The molecule has 2 rings (SSSR count). The number of anilines is 1. The number of rotatable bonds is 5. The lowest BCUT2D eigenvalue weighted by Crippen LogP contribution is -2.21. The van der Waals surface area contributed by atoms with Gasteiger partial charge >= 0.3 is 5.97 Å². The number of nitrogens with one attached hydrogen (secondary N) is 1. The van der Waals surface area contributed by atoms with Gasteiger partial charge in [0.2, 0.25) is 0 Å². The highest BCUT2D eigenvalue weighted by molar-refractivity contribution is 9.10. The first-order valence-corrected chi connectivity index (χ1v) is 7.72. The Labute approximate surface area is 137 Å². The Hall–Kier alpha value is -1.52. The lowest BCUT2D eigenvalue weighted by atomic mass is 9.98. The van der Waals surface area contributed by atoms with Crippen molar-refractivity contribution in [3.8, 4) is 0 Å². The van der Waals surface area contributed by atoms with E-state index in [-0.39, 0.29) is 0 Å². The number of aliphatic carboxylic acids is 1. The first-order valence-electron chi connectivity index (χ1n) is 6.55. The van der Waals surface area contributed by atoms with E-state index in [0.717, 1.165) is 22.0 Å². The molecular formula is C16H15BrClNO2. The normalized spacial score (nSPS) is 12.0. The van der Waals surface area contributed by atoms with Crippen LogP contribution in [0.3, 0.4) is 0 Å². The molecule has 0 heterocycles.